The molecule has 1 fully saturated rings. The van der Waals surface area contributed by atoms with Crippen molar-refractivity contribution in [3.8, 4) is 5.75 Å². The van der Waals surface area contributed by atoms with E-state index < -0.39 is 27.2 Å². The minimum absolute atomic E-state index is 0.227. The summed E-state index contributed by atoms with van der Waals surface area (Å²) in [5.41, 5.74) is -1.00. The van der Waals surface area contributed by atoms with E-state index >= 15 is 0 Å². The summed E-state index contributed by atoms with van der Waals surface area (Å²) in [7, 11) is 0. The molecule has 0 aliphatic heterocycles. The average Bonchev–Trinajstić information content (AvgIpc) is 2.26. The van der Waals surface area contributed by atoms with Crippen LogP contribution in [0.25, 0.3) is 0 Å². The molecule has 1 aromatic carbocycles. The lowest BCUT2D eigenvalue weighted by Crippen LogP contribution is -2.26. The van der Waals surface area contributed by atoms with Gasteiger partial charge in [-0.15, -0.1) is 0 Å². The average molecular weight is 266 g/mol. The molecule has 1 aliphatic rings. The molecule has 0 spiro atoms. The molecule has 0 amide bonds. The summed E-state index contributed by atoms with van der Waals surface area (Å²) >= 11 is 0. The van der Waals surface area contributed by atoms with Gasteiger partial charge in [0.05, 0.1) is 21.8 Å². The molecule has 0 unspecified atom stereocenters. The van der Waals surface area contributed by atoms with Crippen molar-refractivity contribution in [3.05, 3.63) is 38.4 Å². The number of carbonyl (C=O) groups is 1. The number of nitro benzene ring substituents is 2. The van der Waals surface area contributed by atoms with Gasteiger partial charge in [-0.3, -0.25) is 25.0 Å². The van der Waals surface area contributed by atoms with Crippen molar-refractivity contribution in [2.45, 2.75) is 19.3 Å². The number of hydrogen-bond donors (Lipinski definition) is 0. The molecule has 0 N–H and O–H groups in total. The summed E-state index contributed by atoms with van der Waals surface area (Å²) < 4.78 is 4.94. The summed E-state index contributed by atoms with van der Waals surface area (Å²) in [6.07, 6.45) is 2.35. The van der Waals surface area contributed by atoms with E-state index in [0.717, 1.165) is 24.6 Å². The Balaban J connectivity index is 2.25. The van der Waals surface area contributed by atoms with Crippen LogP contribution in [0.15, 0.2) is 18.2 Å². The zero-order chi connectivity index (χ0) is 14.0. The lowest BCUT2D eigenvalue weighted by molar-refractivity contribution is -0.394. The maximum atomic E-state index is 11.6. The number of ether oxygens (including phenoxy) is 1. The van der Waals surface area contributed by atoms with Gasteiger partial charge in [-0.2, -0.15) is 0 Å². The Kier molecular flexibility index (Phi) is 3.41. The zero-order valence-corrected chi connectivity index (χ0v) is 9.77. The fourth-order valence-corrected chi connectivity index (χ4v) is 1.68. The monoisotopic (exact) mass is 266 g/mol. The molecular weight excluding hydrogens is 256 g/mol. The maximum absolute atomic E-state index is 11.6. The molecule has 0 aromatic heterocycles. The van der Waals surface area contributed by atoms with Crippen LogP contribution in [0.3, 0.4) is 0 Å². The third-order valence-corrected chi connectivity index (χ3v) is 3.00. The number of rotatable bonds is 4. The third-order valence-electron chi connectivity index (χ3n) is 3.00. The Bertz CT molecular complexity index is 552. The molecule has 1 saturated carbocycles. The molecule has 0 radical (unpaired) electrons. The van der Waals surface area contributed by atoms with Gasteiger partial charge in [-0.05, 0) is 18.9 Å². The van der Waals surface area contributed by atoms with Gasteiger partial charge in [-0.1, -0.05) is 6.42 Å². The number of non-ortho nitro benzene ring substituents is 1. The van der Waals surface area contributed by atoms with Crippen molar-refractivity contribution < 1.29 is 19.4 Å². The smallest absolute Gasteiger partial charge is 0.318 e. The van der Waals surface area contributed by atoms with Crippen molar-refractivity contribution in [2.75, 3.05) is 0 Å². The van der Waals surface area contributed by atoms with Gasteiger partial charge in [0.25, 0.3) is 5.69 Å². The molecule has 19 heavy (non-hydrogen) atoms. The maximum Gasteiger partial charge on any atom is 0.318 e. The van der Waals surface area contributed by atoms with Crippen LogP contribution in [0, 0.1) is 26.1 Å². The minimum atomic E-state index is -0.809. The molecule has 0 bridgehead atoms. The van der Waals surface area contributed by atoms with Crippen LogP contribution in [0.2, 0.25) is 0 Å². The molecule has 2 rings (SSSR count). The fourth-order valence-electron chi connectivity index (χ4n) is 1.68. The van der Waals surface area contributed by atoms with Crippen molar-refractivity contribution >= 4 is 17.3 Å². The lowest BCUT2D eigenvalue weighted by atomic mass is 9.86. The first-order valence-corrected chi connectivity index (χ1v) is 5.63. The van der Waals surface area contributed by atoms with Crippen LogP contribution in [-0.2, 0) is 4.79 Å². The first-order valence-electron chi connectivity index (χ1n) is 5.63. The van der Waals surface area contributed by atoms with Crippen molar-refractivity contribution in [1.29, 1.82) is 0 Å². The summed E-state index contributed by atoms with van der Waals surface area (Å²) in [6, 6.07) is 2.92. The Morgan fingerprint density at radius 1 is 1.21 bits per heavy atom. The van der Waals surface area contributed by atoms with E-state index in [1.165, 1.54) is 0 Å². The first-order chi connectivity index (χ1) is 8.99. The van der Waals surface area contributed by atoms with Crippen LogP contribution >= 0.6 is 0 Å². The highest BCUT2D eigenvalue weighted by Gasteiger charge is 2.30. The van der Waals surface area contributed by atoms with Crippen LogP contribution in [0.1, 0.15) is 19.3 Å². The Labute approximate surface area is 107 Å². The Hall–Kier alpha value is -2.51. The molecule has 1 aromatic rings. The van der Waals surface area contributed by atoms with E-state index in [4.69, 9.17) is 4.74 Å². The number of esters is 1. The molecule has 0 saturated heterocycles. The van der Waals surface area contributed by atoms with Gasteiger partial charge in [0.1, 0.15) is 0 Å². The second-order valence-electron chi connectivity index (χ2n) is 4.22. The highest BCUT2D eigenvalue weighted by Crippen LogP contribution is 2.34. The largest absolute Gasteiger partial charge is 0.419 e. The van der Waals surface area contributed by atoms with Gasteiger partial charge >= 0.3 is 11.7 Å². The van der Waals surface area contributed by atoms with Crippen LogP contribution in [0.5, 0.6) is 5.75 Å². The van der Waals surface area contributed by atoms with Gasteiger partial charge in [0.2, 0.25) is 5.75 Å². The molecule has 1 aliphatic carbocycles. The Morgan fingerprint density at radius 3 is 2.37 bits per heavy atom. The number of hydrogen-bond acceptors (Lipinski definition) is 6. The predicted octanol–water partition coefficient (Wildman–Crippen LogP) is 2.21. The highest BCUT2D eigenvalue weighted by atomic mass is 16.6. The summed E-state index contributed by atoms with van der Waals surface area (Å²) in [6.45, 7) is 0. The van der Waals surface area contributed by atoms with Crippen molar-refractivity contribution in [1.82, 2.24) is 0 Å². The second kappa shape index (κ2) is 5.01. The zero-order valence-electron chi connectivity index (χ0n) is 9.77. The molecule has 0 heterocycles. The van der Waals surface area contributed by atoms with E-state index in [9.17, 15) is 25.0 Å². The van der Waals surface area contributed by atoms with Crippen LogP contribution < -0.4 is 4.74 Å². The molecule has 100 valence electrons. The molecule has 0 atom stereocenters. The van der Waals surface area contributed by atoms with E-state index in [1.807, 2.05) is 0 Å². The van der Waals surface area contributed by atoms with Crippen LogP contribution in [-0.4, -0.2) is 15.8 Å². The minimum Gasteiger partial charge on any atom is -0.419 e. The second-order valence-corrected chi connectivity index (χ2v) is 4.22. The van der Waals surface area contributed by atoms with E-state index in [1.54, 1.807) is 0 Å². The van der Waals surface area contributed by atoms with Gasteiger partial charge in [-0.25, -0.2) is 0 Å². The van der Waals surface area contributed by atoms with Gasteiger partial charge in [0.15, 0.2) is 0 Å². The summed E-state index contributed by atoms with van der Waals surface area (Å²) in [4.78, 5) is 31.4. The number of carbonyl (C=O) groups excluding carboxylic acids is 1. The molecule has 8 heteroatoms. The first kappa shape index (κ1) is 12.9. The normalized spacial score (nSPS) is 14.5. The SMILES string of the molecule is O=C(Oc1ccc([N+](=O)[O-])cc1[N+](=O)[O-])C1CCC1. The topological polar surface area (TPSA) is 113 Å². The molecule has 8 nitrogen and oxygen atoms in total. The van der Waals surface area contributed by atoms with E-state index in [2.05, 4.69) is 0 Å². The summed E-state index contributed by atoms with van der Waals surface area (Å²) in [5.74, 6) is -1.01. The number of benzene rings is 1. The third kappa shape index (κ3) is 2.67. The highest BCUT2D eigenvalue weighted by molar-refractivity contribution is 5.77. The van der Waals surface area contributed by atoms with Gasteiger partial charge in [0, 0.05) is 6.07 Å². The lowest BCUT2D eigenvalue weighted by Gasteiger charge is -2.22. The van der Waals surface area contributed by atoms with E-state index in [-0.39, 0.29) is 11.7 Å². The fraction of sp³-hybridized carbons (Fsp3) is 0.364. The van der Waals surface area contributed by atoms with Crippen molar-refractivity contribution in [2.24, 2.45) is 5.92 Å². The van der Waals surface area contributed by atoms with E-state index in [0.29, 0.717) is 12.8 Å². The standard InChI is InChI=1S/C11H10N2O6/c14-11(7-2-1-3-7)19-10-5-4-8(12(15)16)6-9(10)13(17)18/h4-7H,1-3H2. The number of nitrogens with zero attached hydrogens (tertiary/aromatic N) is 2. The predicted molar refractivity (Wildman–Crippen MR) is 62.7 cm³/mol. The molecular formula is C11H10N2O6. The summed E-state index contributed by atoms with van der Waals surface area (Å²) in [5, 5.41) is 21.4. The van der Waals surface area contributed by atoms with Crippen molar-refractivity contribution in [3.63, 3.8) is 0 Å². The van der Waals surface area contributed by atoms with Crippen LogP contribution in [0.4, 0.5) is 11.4 Å². The quantitative estimate of drug-likeness (QED) is 0.357. The van der Waals surface area contributed by atoms with Gasteiger partial charge < -0.3 is 4.74 Å². The number of nitro groups is 2. The Morgan fingerprint density at radius 2 is 1.89 bits per heavy atom.